The summed E-state index contributed by atoms with van der Waals surface area (Å²) in [5.41, 5.74) is 2.43. The van der Waals surface area contributed by atoms with Gasteiger partial charge in [-0.15, -0.1) is 0 Å². The van der Waals surface area contributed by atoms with Gasteiger partial charge in [0.2, 0.25) is 0 Å². The van der Waals surface area contributed by atoms with Crippen LogP contribution >= 0.6 is 0 Å². The van der Waals surface area contributed by atoms with Gasteiger partial charge in [0.15, 0.2) is 11.5 Å². The third-order valence-electron chi connectivity index (χ3n) is 3.89. The third-order valence-corrected chi connectivity index (χ3v) is 3.89. The lowest BCUT2D eigenvalue weighted by Crippen LogP contribution is -2.12. The average molecular weight is 283 g/mol. The lowest BCUT2D eigenvalue weighted by molar-refractivity contribution is 0.284. The normalized spacial score (nSPS) is 17.7. The van der Waals surface area contributed by atoms with Gasteiger partial charge in [-0.25, -0.2) is 0 Å². The van der Waals surface area contributed by atoms with E-state index in [4.69, 9.17) is 9.47 Å². The number of ether oxygens (including phenoxy) is 2. The van der Waals surface area contributed by atoms with Crippen LogP contribution in [0.2, 0.25) is 0 Å². The molecule has 2 aromatic rings. The van der Waals surface area contributed by atoms with Gasteiger partial charge < -0.3 is 14.8 Å². The first kappa shape index (κ1) is 14.0. The summed E-state index contributed by atoms with van der Waals surface area (Å²) in [5.74, 6) is 1.60. The van der Waals surface area contributed by atoms with Crippen molar-refractivity contribution in [3.63, 3.8) is 0 Å². The van der Waals surface area contributed by atoms with Gasteiger partial charge in [0.1, 0.15) is 6.61 Å². The first-order valence-electron chi connectivity index (χ1n) is 7.45. The van der Waals surface area contributed by atoms with Crippen molar-refractivity contribution in [2.45, 2.75) is 25.5 Å². The molecule has 3 rings (SSSR count). The standard InChI is InChI=1S/C18H21NO2/c1-20-18-12-15(16-8-5-11-19-16)9-10-17(18)21-13-14-6-3-2-4-7-14/h2-4,6-7,9-10,12,16,19H,5,8,11,13H2,1H3/t16-/m1/s1. The molecule has 2 aromatic carbocycles. The van der Waals surface area contributed by atoms with Gasteiger partial charge in [-0.05, 0) is 42.6 Å². The summed E-state index contributed by atoms with van der Waals surface area (Å²) in [6.45, 7) is 1.65. The molecule has 1 aliphatic heterocycles. The van der Waals surface area contributed by atoms with Crippen molar-refractivity contribution in [3.05, 3.63) is 59.7 Å². The fourth-order valence-corrected chi connectivity index (χ4v) is 2.72. The van der Waals surface area contributed by atoms with Crippen LogP contribution in [0.15, 0.2) is 48.5 Å². The van der Waals surface area contributed by atoms with Gasteiger partial charge in [0, 0.05) is 6.04 Å². The van der Waals surface area contributed by atoms with E-state index in [2.05, 4.69) is 29.6 Å². The van der Waals surface area contributed by atoms with E-state index >= 15 is 0 Å². The lowest BCUT2D eigenvalue weighted by atomic mass is 10.0. The molecule has 1 fully saturated rings. The molecule has 0 aliphatic carbocycles. The predicted molar refractivity (Wildman–Crippen MR) is 83.7 cm³/mol. The van der Waals surface area contributed by atoms with E-state index < -0.39 is 0 Å². The van der Waals surface area contributed by atoms with Crippen molar-refractivity contribution >= 4 is 0 Å². The second kappa shape index (κ2) is 6.64. The molecular formula is C18H21NO2. The van der Waals surface area contributed by atoms with Gasteiger partial charge in [0.25, 0.3) is 0 Å². The van der Waals surface area contributed by atoms with Gasteiger partial charge in [0.05, 0.1) is 7.11 Å². The lowest BCUT2D eigenvalue weighted by Gasteiger charge is -2.15. The van der Waals surface area contributed by atoms with Crippen LogP contribution in [0.25, 0.3) is 0 Å². The van der Waals surface area contributed by atoms with Crippen molar-refractivity contribution in [1.29, 1.82) is 0 Å². The van der Waals surface area contributed by atoms with Gasteiger partial charge in [-0.1, -0.05) is 36.4 Å². The van der Waals surface area contributed by atoms with E-state index in [0.29, 0.717) is 12.6 Å². The number of nitrogens with one attached hydrogen (secondary N) is 1. The first-order chi connectivity index (χ1) is 10.4. The van der Waals surface area contributed by atoms with E-state index in [1.54, 1.807) is 7.11 Å². The van der Waals surface area contributed by atoms with Crippen LogP contribution < -0.4 is 14.8 Å². The topological polar surface area (TPSA) is 30.5 Å². The average Bonchev–Trinajstić information content (AvgIpc) is 3.08. The summed E-state index contributed by atoms with van der Waals surface area (Å²) in [5, 5.41) is 3.51. The molecule has 0 saturated carbocycles. The SMILES string of the molecule is COc1cc([C@H]2CCCN2)ccc1OCc1ccccc1. The van der Waals surface area contributed by atoms with Crippen molar-refractivity contribution in [2.24, 2.45) is 0 Å². The molecule has 0 radical (unpaired) electrons. The summed E-state index contributed by atoms with van der Waals surface area (Å²) < 4.78 is 11.4. The maximum absolute atomic E-state index is 5.89. The Bertz CT molecular complexity index is 577. The predicted octanol–water partition coefficient (Wildman–Crippen LogP) is 3.70. The zero-order valence-electron chi connectivity index (χ0n) is 12.3. The monoisotopic (exact) mass is 283 g/mol. The number of hydrogen-bond acceptors (Lipinski definition) is 3. The van der Waals surface area contributed by atoms with Crippen LogP contribution in [0.5, 0.6) is 11.5 Å². The van der Waals surface area contributed by atoms with Crippen molar-refractivity contribution < 1.29 is 9.47 Å². The van der Waals surface area contributed by atoms with Crippen molar-refractivity contribution in [2.75, 3.05) is 13.7 Å². The molecule has 3 heteroatoms. The van der Waals surface area contributed by atoms with Crippen molar-refractivity contribution in [1.82, 2.24) is 5.32 Å². The van der Waals surface area contributed by atoms with Gasteiger partial charge in [-0.3, -0.25) is 0 Å². The molecule has 0 bridgehead atoms. The molecule has 1 heterocycles. The highest BCUT2D eigenvalue weighted by Gasteiger charge is 2.17. The molecule has 110 valence electrons. The van der Waals surface area contributed by atoms with E-state index in [-0.39, 0.29) is 0 Å². The Balaban J connectivity index is 1.72. The van der Waals surface area contributed by atoms with E-state index in [1.165, 1.54) is 18.4 Å². The van der Waals surface area contributed by atoms with E-state index in [1.807, 2.05) is 24.3 Å². The summed E-state index contributed by atoms with van der Waals surface area (Å²) in [7, 11) is 1.69. The Morgan fingerprint density at radius 2 is 1.95 bits per heavy atom. The molecule has 1 aliphatic rings. The summed E-state index contributed by atoms with van der Waals surface area (Å²) >= 11 is 0. The molecule has 3 nitrogen and oxygen atoms in total. The van der Waals surface area contributed by atoms with E-state index in [0.717, 1.165) is 23.6 Å². The minimum atomic E-state index is 0.446. The summed E-state index contributed by atoms with van der Waals surface area (Å²) in [4.78, 5) is 0. The minimum absolute atomic E-state index is 0.446. The van der Waals surface area contributed by atoms with Crippen LogP contribution in [0.3, 0.4) is 0 Å². The maximum atomic E-state index is 5.89. The molecule has 21 heavy (non-hydrogen) atoms. The zero-order chi connectivity index (χ0) is 14.5. The molecular weight excluding hydrogens is 262 g/mol. The fraction of sp³-hybridized carbons (Fsp3) is 0.333. The highest BCUT2D eigenvalue weighted by atomic mass is 16.5. The Labute approximate surface area is 125 Å². The Kier molecular flexibility index (Phi) is 4.41. The largest absolute Gasteiger partial charge is 0.493 e. The molecule has 0 amide bonds. The van der Waals surface area contributed by atoms with Gasteiger partial charge in [-0.2, -0.15) is 0 Å². The number of rotatable bonds is 5. The molecule has 0 spiro atoms. The highest BCUT2D eigenvalue weighted by molar-refractivity contribution is 5.44. The Morgan fingerprint density at radius 3 is 2.67 bits per heavy atom. The number of methoxy groups -OCH3 is 1. The van der Waals surface area contributed by atoms with Crippen molar-refractivity contribution in [3.8, 4) is 11.5 Å². The fourth-order valence-electron chi connectivity index (χ4n) is 2.72. The number of benzene rings is 2. The second-order valence-electron chi connectivity index (χ2n) is 5.33. The maximum Gasteiger partial charge on any atom is 0.161 e. The molecule has 0 aromatic heterocycles. The molecule has 1 atom stereocenters. The second-order valence-corrected chi connectivity index (χ2v) is 5.33. The van der Waals surface area contributed by atoms with Crippen LogP contribution in [0.1, 0.15) is 30.0 Å². The molecule has 1 N–H and O–H groups in total. The first-order valence-corrected chi connectivity index (χ1v) is 7.45. The molecule has 1 saturated heterocycles. The highest BCUT2D eigenvalue weighted by Crippen LogP contribution is 2.33. The Morgan fingerprint density at radius 1 is 1.10 bits per heavy atom. The van der Waals surface area contributed by atoms with E-state index in [9.17, 15) is 0 Å². The third kappa shape index (κ3) is 3.37. The van der Waals surface area contributed by atoms with Crippen LogP contribution in [0, 0.1) is 0 Å². The van der Waals surface area contributed by atoms with Crippen LogP contribution in [-0.2, 0) is 6.61 Å². The summed E-state index contributed by atoms with van der Waals surface area (Å²) in [6, 6.07) is 16.8. The Hall–Kier alpha value is -2.00. The summed E-state index contributed by atoms with van der Waals surface area (Å²) in [6.07, 6.45) is 2.42. The van der Waals surface area contributed by atoms with Crippen LogP contribution in [0.4, 0.5) is 0 Å². The van der Waals surface area contributed by atoms with Gasteiger partial charge >= 0.3 is 0 Å². The van der Waals surface area contributed by atoms with Crippen LogP contribution in [-0.4, -0.2) is 13.7 Å². The minimum Gasteiger partial charge on any atom is -0.493 e. The smallest absolute Gasteiger partial charge is 0.161 e. The number of hydrogen-bond donors (Lipinski definition) is 1. The quantitative estimate of drug-likeness (QED) is 0.907. The zero-order valence-corrected chi connectivity index (χ0v) is 12.3. The molecule has 0 unspecified atom stereocenters.